The number of hydrogen-bond donors (Lipinski definition) is 1. The molecular formula is C32H40BrN3O5S. The molecule has 0 fully saturated rings. The molecule has 0 heterocycles. The van der Waals surface area contributed by atoms with Gasteiger partial charge in [-0.05, 0) is 95.1 Å². The summed E-state index contributed by atoms with van der Waals surface area (Å²) in [5.74, 6) is -0.212. The van der Waals surface area contributed by atoms with Crippen molar-refractivity contribution in [2.75, 3.05) is 17.5 Å². The quantitative estimate of drug-likeness (QED) is 0.255. The summed E-state index contributed by atoms with van der Waals surface area (Å²) in [4.78, 5) is 29.2. The SMILES string of the molecule is CCOc1ccc(N(CC(=O)N(Cc2cccc(C)c2)[C@@H](CC)C(=O)NC(C)(C)C)S(=O)(=O)c2ccc(Br)cc2)cc1. The van der Waals surface area contributed by atoms with Crippen LogP contribution in [0.5, 0.6) is 5.75 Å². The van der Waals surface area contributed by atoms with Gasteiger partial charge in [0.1, 0.15) is 18.3 Å². The molecule has 42 heavy (non-hydrogen) atoms. The van der Waals surface area contributed by atoms with Gasteiger partial charge in [-0.15, -0.1) is 0 Å². The van der Waals surface area contributed by atoms with Crippen LogP contribution in [0.3, 0.4) is 0 Å². The number of nitrogens with one attached hydrogen (secondary N) is 1. The smallest absolute Gasteiger partial charge is 0.264 e. The van der Waals surface area contributed by atoms with E-state index in [1.54, 1.807) is 36.4 Å². The molecule has 0 unspecified atom stereocenters. The van der Waals surface area contributed by atoms with Gasteiger partial charge in [0.2, 0.25) is 11.8 Å². The van der Waals surface area contributed by atoms with E-state index in [1.807, 2.05) is 65.8 Å². The number of amides is 2. The van der Waals surface area contributed by atoms with Crippen molar-refractivity contribution in [2.24, 2.45) is 0 Å². The maximum Gasteiger partial charge on any atom is 0.264 e. The van der Waals surface area contributed by atoms with E-state index < -0.39 is 34.1 Å². The van der Waals surface area contributed by atoms with Crippen LogP contribution in [0.25, 0.3) is 0 Å². The van der Waals surface area contributed by atoms with Gasteiger partial charge >= 0.3 is 0 Å². The molecule has 0 saturated heterocycles. The lowest BCUT2D eigenvalue weighted by Gasteiger charge is -2.35. The zero-order chi connectivity index (χ0) is 31.1. The van der Waals surface area contributed by atoms with Crippen LogP contribution in [0.1, 0.15) is 52.2 Å². The van der Waals surface area contributed by atoms with E-state index in [4.69, 9.17) is 4.74 Å². The summed E-state index contributed by atoms with van der Waals surface area (Å²) in [6.45, 7) is 11.4. The van der Waals surface area contributed by atoms with E-state index in [0.29, 0.717) is 24.5 Å². The molecule has 3 rings (SSSR count). The van der Waals surface area contributed by atoms with Crippen LogP contribution in [0.15, 0.2) is 82.2 Å². The first kappa shape index (κ1) is 33.1. The highest BCUT2D eigenvalue weighted by Crippen LogP contribution is 2.28. The van der Waals surface area contributed by atoms with Crippen molar-refractivity contribution < 1.29 is 22.7 Å². The van der Waals surface area contributed by atoms with Crippen molar-refractivity contribution in [2.45, 2.75) is 71.0 Å². The molecule has 1 N–H and O–H groups in total. The molecular weight excluding hydrogens is 618 g/mol. The Hall–Kier alpha value is -3.37. The number of halogens is 1. The first-order valence-electron chi connectivity index (χ1n) is 13.9. The van der Waals surface area contributed by atoms with Gasteiger partial charge in [0.15, 0.2) is 0 Å². The highest BCUT2D eigenvalue weighted by Gasteiger charge is 2.34. The van der Waals surface area contributed by atoms with E-state index in [9.17, 15) is 18.0 Å². The van der Waals surface area contributed by atoms with Gasteiger partial charge in [0.25, 0.3) is 10.0 Å². The topological polar surface area (TPSA) is 96.0 Å². The number of carbonyl (C=O) groups excluding carboxylic acids is 2. The van der Waals surface area contributed by atoms with Gasteiger partial charge in [-0.2, -0.15) is 0 Å². The Morgan fingerprint density at radius 2 is 1.62 bits per heavy atom. The second-order valence-electron chi connectivity index (χ2n) is 11.1. The first-order chi connectivity index (χ1) is 19.7. The average Bonchev–Trinajstić information content (AvgIpc) is 2.91. The molecule has 0 radical (unpaired) electrons. The molecule has 1 atom stereocenters. The Morgan fingerprint density at radius 3 is 2.17 bits per heavy atom. The number of sulfonamides is 1. The van der Waals surface area contributed by atoms with Crippen molar-refractivity contribution in [1.29, 1.82) is 0 Å². The molecule has 226 valence electrons. The summed E-state index contributed by atoms with van der Waals surface area (Å²) < 4.78 is 35.4. The van der Waals surface area contributed by atoms with Crippen molar-refractivity contribution in [3.8, 4) is 5.75 Å². The molecule has 0 aromatic heterocycles. The van der Waals surface area contributed by atoms with E-state index in [-0.39, 0.29) is 17.3 Å². The van der Waals surface area contributed by atoms with E-state index in [2.05, 4.69) is 21.2 Å². The van der Waals surface area contributed by atoms with Gasteiger partial charge in [0, 0.05) is 16.6 Å². The second kappa shape index (κ2) is 14.2. The lowest BCUT2D eigenvalue weighted by atomic mass is 10.0. The van der Waals surface area contributed by atoms with E-state index in [0.717, 1.165) is 19.9 Å². The highest BCUT2D eigenvalue weighted by molar-refractivity contribution is 9.10. The number of nitrogens with zero attached hydrogens (tertiary/aromatic N) is 2. The van der Waals surface area contributed by atoms with Crippen molar-refractivity contribution >= 4 is 43.5 Å². The Bertz CT molecular complexity index is 1470. The number of carbonyl (C=O) groups is 2. The molecule has 0 aliphatic heterocycles. The monoisotopic (exact) mass is 657 g/mol. The molecule has 2 amide bonds. The zero-order valence-electron chi connectivity index (χ0n) is 25.1. The fraction of sp³-hybridized carbons (Fsp3) is 0.375. The minimum Gasteiger partial charge on any atom is -0.494 e. The third-order valence-electron chi connectivity index (χ3n) is 6.44. The van der Waals surface area contributed by atoms with Gasteiger partial charge in [-0.25, -0.2) is 8.42 Å². The Balaban J connectivity index is 2.08. The molecule has 0 saturated carbocycles. The van der Waals surface area contributed by atoms with Crippen LogP contribution < -0.4 is 14.4 Å². The fourth-order valence-corrected chi connectivity index (χ4v) is 6.20. The van der Waals surface area contributed by atoms with Crippen LogP contribution in [0.2, 0.25) is 0 Å². The molecule has 0 aliphatic carbocycles. The van der Waals surface area contributed by atoms with Gasteiger partial charge in [0.05, 0.1) is 17.2 Å². The van der Waals surface area contributed by atoms with Crippen molar-refractivity contribution in [3.05, 3.63) is 88.4 Å². The number of rotatable bonds is 12. The van der Waals surface area contributed by atoms with Crippen molar-refractivity contribution in [1.82, 2.24) is 10.2 Å². The zero-order valence-corrected chi connectivity index (χ0v) is 27.5. The van der Waals surface area contributed by atoms with Crippen LogP contribution >= 0.6 is 15.9 Å². The highest BCUT2D eigenvalue weighted by atomic mass is 79.9. The maximum absolute atomic E-state index is 14.2. The fourth-order valence-electron chi connectivity index (χ4n) is 4.52. The summed E-state index contributed by atoms with van der Waals surface area (Å²) >= 11 is 3.35. The van der Waals surface area contributed by atoms with Crippen LogP contribution in [-0.2, 0) is 26.2 Å². The van der Waals surface area contributed by atoms with Crippen LogP contribution in [0, 0.1) is 6.92 Å². The summed E-state index contributed by atoms with van der Waals surface area (Å²) in [6.07, 6.45) is 0.349. The second-order valence-corrected chi connectivity index (χ2v) is 13.8. The largest absolute Gasteiger partial charge is 0.494 e. The lowest BCUT2D eigenvalue weighted by molar-refractivity contribution is -0.141. The third-order valence-corrected chi connectivity index (χ3v) is 8.75. The number of aryl methyl sites for hydroxylation is 1. The summed E-state index contributed by atoms with van der Waals surface area (Å²) in [6, 6.07) is 19.7. The molecule has 8 nitrogen and oxygen atoms in total. The van der Waals surface area contributed by atoms with Crippen LogP contribution in [0.4, 0.5) is 5.69 Å². The number of benzene rings is 3. The normalized spacial score (nSPS) is 12.4. The predicted octanol–water partition coefficient (Wildman–Crippen LogP) is 6.07. The standard InChI is InChI=1S/C32H40BrN3O5S/c1-7-29(31(38)34-32(4,5)6)35(21-24-11-9-10-23(3)20-24)30(37)22-36(26-14-16-27(17-15-26)41-8-2)42(39,40)28-18-12-25(33)13-19-28/h9-20,29H,7-8,21-22H2,1-6H3,(H,34,38)/t29-/m0/s1. The Kier molecular flexibility index (Phi) is 11.2. The Labute approximate surface area is 258 Å². The number of anilines is 1. The Morgan fingerprint density at radius 1 is 0.976 bits per heavy atom. The van der Waals surface area contributed by atoms with Gasteiger partial charge < -0.3 is 15.0 Å². The minimum atomic E-state index is -4.16. The molecule has 3 aromatic carbocycles. The maximum atomic E-state index is 14.2. The molecule has 10 heteroatoms. The molecule has 3 aromatic rings. The van der Waals surface area contributed by atoms with Crippen molar-refractivity contribution in [3.63, 3.8) is 0 Å². The minimum absolute atomic E-state index is 0.0372. The summed E-state index contributed by atoms with van der Waals surface area (Å²) in [5.41, 5.74) is 1.65. The third kappa shape index (κ3) is 8.82. The first-order valence-corrected chi connectivity index (χ1v) is 16.2. The van der Waals surface area contributed by atoms with E-state index in [1.165, 1.54) is 17.0 Å². The summed E-state index contributed by atoms with van der Waals surface area (Å²) in [7, 11) is -4.16. The molecule has 0 bridgehead atoms. The van der Waals surface area contributed by atoms with E-state index >= 15 is 0 Å². The van der Waals surface area contributed by atoms with Gasteiger partial charge in [-0.1, -0.05) is 52.7 Å². The number of ether oxygens (including phenoxy) is 1. The molecule has 0 aliphatic rings. The van der Waals surface area contributed by atoms with Crippen LogP contribution in [-0.4, -0.2) is 49.9 Å². The predicted molar refractivity (Wildman–Crippen MR) is 170 cm³/mol. The number of hydrogen-bond acceptors (Lipinski definition) is 5. The lowest BCUT2D eigenvalue weighted by Crippen LogP contribution is -2.55. The molecule has 0 spiro atoms. The summed E-state index contributed by atoms with van der Waals surface area (Å²) in [5, 5.41) is 2.98. The average molecular weight is 659 g/mol. The van der Waals surface area contributed by atoms with Gasteiger partial charge in [-0.3, -0.25) is 13.9 Å².